The number of aryl methyl sites for hydroxylation is 1. The van der Waals surface area contributed by atoms with E-state index in [0.717, 1.165) is 5.69 Å². The number of nitrogens with zero attached hydrogens (tertiary/aromatic N) is 2. The molecule has 4 heterocycles. The minimum atomic E-state index is -0.234. The fourth-order valence-corrected chi connectivity index (χ4v) is 6.34. The van der Waals surface area contributed by atoms with Crippen molar-refractivity contribution in [1.29, 1.82) is 0 Å². The average Bonchev–Trinajstić information content (AvgIpc) is 3.44. The van der Waals surface area contributed by atoms with Gasteiger partial charge in [0.15, 0.2) is 5.76 Å². The van der Waals surface area contributed by atoms with Crippen LogP contribution in [0.2, 0.25) is 0 Å². The van der Waals surface area contributed by atoms with Crippen LogP contribution in [0, 0.1) is 6.92 Å². The fourth-order valence-electron chi connectivity index (χ4n) is 3.47. The monoisotopic (exact) mass is 437 g/mol. The molecule has 30 heavy (non-hydrogen) atoms. The minimum Gasteiger partial charge on any atom is -0.463 e. The smallest absolute Gasteiger partial charge is 0.259 e. The molecular weight excluding hydrogens is 418 g/mol. The lowest BCUT2D eigenvalue weighted by atomic mass is 10.1. The summed E-state index contributed by atoms with van der Waals surface area (Å²) in [6.45, 7) is 1.80. The van der Waals surface area contributed by atoms with Crippen LogP contribution in [-0.2, 0) is 0 Å². The van der Waals surface area contributed by atoms with Crippen LogP contribution in [0.1, 0.15) is 32.6 Å². The van der Waals surface area contributed by atoms with E-state index in [2.05, 4.69) is 27.6 Å². The van der Waals surface area contributed by atoms with Crippen molar-refractivity contribution in [1.82, 2.24) is 10.1 Å². The van der Waals surface area contributed by atoms with E-state index in [1.54, 1.807) is 31.4 Å². The molecule has 3 aromatic heterocycles. The lowest BCUT2D eigenvalue weighted by Gasteiger charge is -2.21. The van der Waals surface area contributed by atoms with Crippen LogP contribution in [0.4, 0.5) is 5.69 Å². The number of benzene rings is 1. The molecule has 1 saturated heterocycles. The number of anilines is 1. The molecule has 0 radical (unpaired) electrons. The van der Waals surface area contributed by atoms with Crippen LogP contribution in [0.15, 0.2) is 57.7 Å². The summed E-state index contributed by atoms with van der Waals surface area (Å²) in [4.78, 5) is 17.7. The first-order chi connectivity index (χ1) is 14.7. The van der Waals surface area contributed by atoms with Gasteiger partial charge < -0.3 is 14.3 Å². The first kappa shape index (κ1) is 19.3. The van der Waals surface area contributed by atoms with Gasteiger partial charge in [-0.15, -0.1) is 23.5 Å². The molecular formula is C22H19N3O3S2. The predicted octanol–water partition coefficient (Wildman–Crippen LogP) is 5.91. The van der Waals surface area contributed by atoms with Gasteiger partial charge in [-0.25, -0.2) is 4.98 Å². The SMILES string of the molecule is Cc1noc2nc(-c3ccco3)cc(C(=O)Nc3cccc(C4SCCCS4)c3)c12. The van der Waals surface area contributed by atoms with E-state index in [-0.39, 0.29) is 5.91 Å². The number of rotatable bonds is 4. The molecule has 1 N–H and O–H groups in total. The summed E-state index contributed by atoms with van der Waals surface area (Å²) >= 11 is 3.91. The number of nitrogens with one attached hydrogen (secondary N) is 1. The van der Waals surface area contributed by atoms with Crippen LogP contribution < -0.4 is 5.32 Å². The summed E-state index contributed by atoms with van der Waals surface area (Å²) in [7, 11) is 0. The highest BCUT2D eigenvalue weighted by Gasteiger charge is 2.21. The van der Waals surface area contributed by atoms with Gasteiger partial charge in [0, 0.05) is 5.69 Å². The van der Waals surface area contributed by atoms with E-state index in [1.165, 1.54) is 23.5 Å². The van der Waals surface area contributed by atoms with Gasteiger partial charge in [0.05, 0.1) is 27.5 Å². The van der Waals surface area contributed by atoms with Crippen molar-refractivity contribution in [2.45, 2.75) is 17.9 Å². The van der Waals surface area contributed by atoms with E-state index < -0.39 is 0 Å². The quantitative estimate of drug-likeness (QED) is 0.425. The second-order valence-corrected chi connectivity index (χ2v) is 9.71. The van der Waals surface area contributed by atoms with Crippen LogP contribution in [0.3, 0.4) is 0 Å². The van der Waals surface area contributed by atoms with Crippen molar-refractivity contribution in [3.63, 3.8) is 0 Å². The molecule has 0 atom stereocenters. The Morgan fingerprint density at radius 1 is 1.17 bits per heavy atom. The summed E-state index contributed by atoms with van der Waals surface area (Å²) in [6.07, 6.45) is 2.82. The summed E-state index contributed by atoms with van der Waals surface area (Å²) in [5.74, 6) is 2.67. The van der Waals surface area contributed by atoms with Crippen LogP contribution >= 0.6 is 23.5 Å². The third-order valence-corrected chi connectivity index (χ3v) is 7.89. The van der Waals surface area contributed by atoms with E-state index in [4.69, 9.17) is 8.94 Å². The Kier molecular flexibility index (Phi) is 5.26. The van der Waals surface area contributed by atoms with E-state index in [1.807, 2.05) is 35.7 Å². The van der Waals surface area contributed by atoms with Crippen LogP contribution in [-0.4, -0.2) is 27.6 Å². The molecule has 1 aliphatic heterocycles. The summed E-state index contributed by atoms with van der Waals surface area (Å²) in [5, 5.41) is 7.63. The summed E-state index contributed by atoms with van der Waals surface area (Å²) in [6, 6.07) is 13.4. The molecule has 1 aromatic carbocycles. The molecule has 5 rings (SSSR count). The van der Waals surface area contributed by atoms with Crippen LogP contribution in [0.25, 0.3) is 22.6 Å². The summed E-state index contributed by atoms with van der Waals surface area (Å²) < 4.78 is 11.2. The van der Waals surface area contributed by atoms with Crippen molar-refractivity contribution >= 4 is 46.2 Å². The molecule has 8 heteroatoms. The second kappa shape index (κ2) is 8.20. The molecule has 6 nitrogen and oxygen atoms in total. The van der Waals surface area contributed by atoms with Crippen molar-refractivity contribution < 1.29 is 13.7 Å². The number of pyridine rings is 1. The number of fused-ring (bicyclic) bond motifs is 1. The Morgan fingerprint density at radius 3 is 2.83 bits per heavy atom. The number of carbonyl (C=O) groups is 1. The number of aromatic nitrogens is 2. The topological polar surface area (TPSA) is 81.2 Å². The second-order valence-electron chi connectivity index (χ2n) is 6.99. The molecule has 0 bridgehead atoms. The maximum absolute atomic E-state index is 13.2. The lowest BCUT2D eigenvalue weighted by Crippen LogP contribution is -2.13. The maximum Gasteiger partial charge on any atom is 0.259 e. The zero-order chi connectivity index (χ0) is 20.5. The van der Waals surface area contributed by atoms with Crippen molar-refractivity contribution in [3.8, 4) is 11.5 Å². The highest BCUT2D eigenvalue weighted by Crippen LogP contribution is 2.44. The van der Waals surface area contributed by atoms with Gasteiger partial charge in [-0.1, -0.05) is 17.3 Å². The van der Waals surface area contributed by atoms with Gasteiger partial charge in [-0.3, -0.25) is 4.79 Å². The highest BCUT2D eigenvalue weighted by atomic mass is 32.2. The van der Waals surface area contributed by atoms with E-state index in [0.29, 0.717) is 38.4 Å². The fraction of sp³-hybridized carbons (Fsp3) is 0.227. The molecule has 0 unspecified atom stereocenters. The van der Waals surface area contributed by atoms with Crippen molar-refractivity contribution in [2.75, 3.05) is 16.8 Å². The Hall–Kier alpha value is -2.71. The molecule has 0 saturated carbocycles. The zero-order valence-corrected chi connectivity index (χ0v) is 17.9. The summed E-state index contributed by atoms with van der Waals surface area (Å²) in [5.41, 5.74) is 3.91. The number of amides is 1. The Bertz CT molecular complexity index is 1200. The molecule has 1 fully saturated rings. The first-order valence-electron chi connectivity index (χ1n) is 9.64. The zero-order valence-electron chi connectivity index (χ0n) is 16.3. The van der Waals surface area contributed by atoms with Crippen molar-refractivity contribution in [3.05, 3.63) is 65.5 Å². The molecule has 1 amide bonds. The molecule has 4 aromatic rings. The third kappa shape index (κ3) is 3.73. The third-order valence-electron chi connectivity index (χ3n) is 4.88. The normalized spacial score (nSPS) is 14.8. The van der Waals surface area contributed by atoms with Gasteiger partial charge in [0.1, 0.15) is 5.69 Å². The largest absolute Gasteiger partial charge is 0.463 e. The number of furan rings is 1. The van der Waals surface area contributed by atoms with Gasteiger partial charge in [0.2, 0.25) is 0 Å². The van der Waals surface area contributed by atoms with Gasteiger partial charge >= 0.3 is 0 Å². The highest BCUT2D eigenvalue weighted by molar-refractivity contribution is 8.16. The van der Waals surface area contributed by atoms with Gasteiger partial charge in [-0.2, -0.15) is 0 Å². The lowest BCUT2D eigenvalue weighted by molar-refractivity contribution is 0.102. The first-order valence-corrected chi connectivity index (χ1v) is 11.7. The Balaban J connectivity index is 1.48. The van der Waals surface area contributed by atoms with Gasteiger partial charge in [0.25, 0.3) is 11.6 Å². The standard InChI is InChI=1S/C22H19N3O3S2/c1-13-19-16(12-17(18-7-3-8-27-18)24-21(19)28-25-13)20(26)23-15-6-2-5-14(11-15)22-29-9-4-10-30-22/h2-3,5-8,11-12,22H,4,9-10H2,1H3,(H,23,26). The number of hydrogen-bond acceptors (Lipinski definition) is 7. The van der Waals surface area contributed by atoms with E-state index in [9.17, 15) is 4.79 Å². The molecule has 0 spiro atoms. The van der Waals surface area contributed by atoms with Gasteiger partial charge in [-0.05, 0) is 60.7 Å². The average molecular weight is 438 g/mol. The van der Waals surface area contributed by atoms with E-state index >= 15 is 0 Å². The maximum atomic E-state index is 13.2. The van der Waals surface area contributed by atoms with Crippen LogP contribution in [0.5, 0.6) is 0 Å². The Labute approximate surface area is 181 Å². The van der Waals surface area contributed by atoms with Crippen molar-refractivity contribution in [2.24, 2.45) is 0 Å². The number of carbonyl (C=O) groups excluding carboxylic acids is 1. The molecule has 152 valence electrons. The minimum absolute atomic E-state index is 0.234. The predicted molar refractivity (Wildman–Crippen MR) is 121 cm³/mol. The Morgan fingerprint density at radius 2 is 2.03 bits per heavy atom. The number of hydrogen-bond donors (Lipinski definition) is 1. The molecule has 1 aliphatic rings. The molecule has 0 aliphatic carbocycles. The number of thioether (sulfide) groups is 2.